The summed E-state index contributed by atoms with van der Waals surface area (Å²) in [6, 6.07) is 4.91. The Morgan fingerprint density at radius 3 is 2.62 bits per heavy atom. The zero-order chi connectivity index (χ0) is 20.9. The Balaban J connectivity index is 0.00000784. The van der Waals surface area contributed by atoms with Gasteiger partial charge in [-0.1, -0.05) is 12.1 Å². The maximum absolute atomic E-state index is 12.8. The molecule has 0 heterocycles. The average molecular weight is 546 g/mol. The lowest BCUT2D eigenvalue weighted by Crippen LogP contribution is -2.43. The van der Waals surface area contributed by atoms with Gasteiger partial charge in [0, 0.05) is 32.0 Å². The molecule has 1 rings (SSSR count). The first-order valence-corrected chi connectivity index (χ1v) is 10.2. The van der Waals surface area contributed by atoms with E-state index in [9.17, 15) is 13.6 Å². The van der Waals surface area contributed by atoms with Gasteiger partial charge in [0.2, 0.25) is 5.91 Å². The smallest absolute Gasteiger partial charge is 0.387 e. The van der Waals surface area contributed by atoms with E-state index in [2.05, 4.69) is 20.4 Å². The van der Waals surface area contributed by atoms with Crippen molar-refractivity contribution in [2.24, 2.45) is 4.99 Å². The van der Waals surface area contributed by atoms with Gasteiger partial charge in [0.25, 0.3) is 0 Å². The largest absolute Gasteiger partial charge is 0.490 e. The molecule has 11 heteroatoms. The molecule has 0 aliphatic rings. The third kappa shape index (κ3) is 10.7. The van der Waals surface area contributed by atoms with Crippen molar-refractivity contribution in [3.8, 4) is 11.5 Å². The number of nitrogens with zero attached hydrogens (tertiary/aromatic N) is 2. The van der Waals surface area contributed by atoms with Gasteiger partial charge in [0.1, 0.15) is 0 Å². The maximum Gasteiger partial charge on any atom is 0.387 e. The van der Waals surface area contributed by atoms with Crippen molar-refractivity contribution < 1.29 is 23.0 Å². The lowest BCUT2D eigenvalue weighted by molar-refractivity contribution is -0.127. The Morgan fingerprint density at radius 1 is 1.31 bits per heavy atom. The highest BCUT2D eigenvalue weighted by Crippen LogP contribution is 2.33. The van der Waals surface area contributed by atoms with E-state index in [-0.39, 0.29) is 54.5 Å². The lowest BCUT2D eigenvalue weighted by atomic mass is 10.2. The second kappa shape index (κ2) is 15.4. The van der Waals surface area contributed by atoms with Crippen molar-refractivity contribution >= 4 is 47.6 Å². The van der Waals surface area contributed by atoms with E-state index in [0.29, 0.717) is 24.7 Å². The van der Waals surface area contributed by atoms with Gasteiger partial charge < -0.3 is 25.0 Å². The number of nitrogens with one attached hydrogen (secondary N) is 2. The Morgan fingerprint density at radius 2 is 2.03 bits per heavy atom. The molecule has 0 spiro atoms. The van der Waals surface area contributed by atoms with Crippen LogP contribution in [-0.2, 0) is 11.3 Å². The number of alkyl halides is 2. The van der Waals surface area contributed by atoms with Crippen molar-refractivity contribution in [3.63, 3.8) is 0 Å². The van der Waals surface area contributed by atoms with Crippen molar-refractivity contribution in [1.82, 2.24) is 15.5 Å². The van der Waals surface area contributed by atoms with Crippen molar-refractivity contribution in [2.45, 2.75) is 20.1 Å². The normalized spacial score (nSPS) is 10.9. The molecule has 1 amide bonds. The van der Waals surface area contributed by atoms with Gasteiger partial charge in [-0.15, -0.1) is 24.0 Å². The van der Waals surface area contributed by atoms with Gasteiger partial charge in [-0.2, -0.15) is 20.5 Å². The number of amides is 1. The second-order valence-corrected chi connectivity index (χ2v) is 6.77. The summed E-state index contributed by atoms with van der Waals surface area (Å²) in [6.45, 7) is -0.106. The number of likely N-dealkylation sites (N-methyl/N-ethyl adjacent to an activating group) is 1. The van der Waals surface area contributed by atoms with Gasteiger partial charge in [-0.25, -0.2) is 4.99 Å². The van der Waals surface area contributed by atoms with E-state index < -0.39 is 6.61 Å². The SMILES string of the molecule is CCOc1cccc(CN=C(NCCSC)NCC(=O)N(C)C)c1OC(F)F.I. The third-order valence-electron chi connectivity index (χ3n) is 3.48. The number of halogens is 3. The molecule has 0 bridgehead atoms. The van der Waals surface area contributed by atoms with E-state index in [0.717, 1.165) is 5.75 Å². The fourth-order valence-corrected chi connectivity index (χ4v) is 2.41. The molecule has 166 valence electrons. The third-order valence-corrected chi connectivity index (χ3v) is 4.09. The summed E-state index contributed by atoms with van der Waals surface area (Å²) >= 11 is 1.66. The quantitative estimate of drug-likeness (QED) is 0.193. The fraction of sp³-hybridized carbons (Fsp3) is 0.556. The summed E-state index contributed by atoms with van der Waals surface area (Å²) in [5.74, 6) is 1.36. The first kappa shape index (κ1) is 27.5. The van der Waals surface area contributed by atoms with E-state index in [1.54, 1.807) is 51.0 Å². The van der Waals surface area contributed by atoms with Crippen LogP contribution in [0.15, 0.2) is 23.2 Å². The molecule has 2 N–H and O–H groups in total. The van der Waals surface area contributed by atoms with Crippen LogP contribution in [-0.4, -0.2) is 69.2 Å². The summed E-state index contributed by atoms with van der Waals surface area (Å²) in [7, 11) is 3.32. The standard InChI is InChI=1S/C18H28F2N4O3S.HI/c1-5-26-14-8-6-7-13(16(14)27-17(19)20)11-22-18(21-9-10-28-4)23-12-15(25)24(2)3;/h6-8,17H,5,9-12H2,1-4H3,(H2,21,22,23);1H. The minimum absolute atomic E-state index is 0. The molecule has 1 aromatic carbocycles. The summed E-state index contributed by atoms with van der Waals surface area (Å²) in [5.41, 5.74) is 0.455. The molecule has 0 aromatic heterocycles. The highest BCUT2D eigenvalue weighted by atomic mass is 127. The number of benzene rings is 1. The summed E-state index contributed by atoms with van der Waals surface area (Å²) < 4.78 is 35.7. The maximum atomic E-state index is 12.8. The molecule has 0 aliphatic heterocycles. The summed E-state index contributed by atoms with van der Waals surface area (Å²) in [6.07, 6.45) is 1.98. The van der Waals surface area contributed by atoms with Crippen LogP contribution in [0.4, 0.5) is 8.78 Å². The molecule has 0 saturated heterocycles. The molecular weight excluding hydrogens is 517 g/mol. The molecule has 1 aromatic rings. The van der Waals surface area contributed by atoms with Gasteiger partial charge in [0.15, 0.2) is 17.5 Å². The molecule has 0 fully saturated rings. The lowest BCUT2D eigenvalue weighted by Gasteiger charge is -2.16. The number of hydrogen-bond acceptors (Lipinski definition) is 5. The number of para-hydroxylation sites is 1. The van der Waals surface area contributed by atoms with Gasteiger partial charge in [-0.05, 0) is 19.2 Å². The number of carbonyl (C=O) groups is 1. The Kier molecular flexibility index (Phi) is 14.6. The fourth-order valence-electron chi connectivity index (χ4n) is 2.11. The number of rotatable bonds is 11. The van der Waals surface area contributed by atoms with E-state index >= 15 is 0 Å². The van der Waals surface area contributed by atoms with Crippen LogP contribution in [0, 0.1) is 0 Å². The highest BCUT2D eigenvalue weighted by Gasteiger charge is 2.16. The minimum Gasteiger partial charge on any atom is -0.490 e. The van der Waals surface area contributed by atoms with Crippen molar-refractivity contribution in [3.05, 3.63) is 23.8 Å². The first-order valence-electron chi connectivity index (χ1n) is 8.79. The molecule has 0 unspecified atom stereocenters. The van der Waals surface area contributed by atoms with Gasteiger partial charge in [-0.3, -0.25) is 4.79 Å². The van der Waals surface area contributed by atoms with Crippen LogP contribution in [0.1, 0.15) is 12.5 Å². The highest BCUT2D eigenvalue weighted by molar-refractivity contribution is 14.0. The van der Waals surface area contributed by atoms with Crippen molar-refractivity contribution in [1.29, 1.82) is 0 Å². The van der Waals surface area contributed by atoms with E-state index in [1.165, 1.54) is 4.90 Å². The second-order valence-electron chi connectivity index (χ2n) is 5.78. The number of thioether (sulfide) groups is 1. The Hall–Kier alpha value is -1.50. The van der Waals surface area contributed by atoms with Crippen LogP contribution < -0.4 is 20.1 Å². The Bertz CT molecular complexity index is 652. The van der Waals surface area contributed by atoms with Gasteiger partial charge >= 0.3 is 6.61 Å². The number of ether oxygens (including phenoxy) is 2. The number of carbonyl (C=O) groups excluding carboxylic acids is 1. The number of guanidine groups is 1. The molecular formula is C18H29F2IN4O3S. The monoisotopic (exact) mass is 546 g/mol. The topological polar surface area (TPSA) is 75.2 Å². The summed E-state index contributed by atoms with van der Waals surface area (Å²) in [4.78, 5) is 17.7. The molecule has 0 atom stereocenters. The predicted molar refractivity (Wildman–Crippen MR) is 124 cm³/mol. The van der Waals surface area contributed by atoms with Gasteiger partial charge in [0.05, 0.1) is 19.7 Å². The first-order chi connectivity index (χ1) is 13.4. The van der Waals surface area contributed by atoms with E-state index in [1.807, 2.05) is 6.26 Å². The summed E-state index contributed by atoms with van der Waals surface area (Å²) in [5, 5.41) is 6.06. The molecule has 7 nitrogen and oxygen atoms in total. The van der Waals surface area contributed by atoms with Crippen LogP contribution in [0.25, 0.3) is 0 Å². The predicted octanol–water partition coefficient (Wildman–Crippen LogP) is 2.79. The van der Waals surface area contributed by atoms with Crippen LogP contribution in [0.3, 0.4) is 0 Å². The molecule has 0 radical (unpaired) electrons. The number of aliphatic imine (C=N–C) groups is 1. The van der Waals surface area contributed by atoms with E-state index in [4.69, 9.17) is 4.74 Å². The Labute approximate surface area is 192 Å². The zero-order valence-electron chi connectivity index (χ0n) is 17.0. The van der Waals surface area contributed by atoms with Crippen LogP contribution >= 0.6 is 35.7 Å². The van der Waals surface area contributed by atoms with Crippen molar-refractivity contribution in [2.75, 3.05) is 45.8 Å². The number of hydrogen-bond donors (Lipinski definition) is 2. The van der Waals surface area contributed by atoms with Crippen LogP contribution in [0.5, 0.6) is 11.5 Å². The zero-order valence-corrected chi connectivity index (χ0v) is 20.2. The molecule has 0 aliphatic carbocycles. The average Bonchev–Trinajstić information content (AvgIpc) is 2.65. The minimum atomic E-state index is -2.97. The van der Waals surface area contributed by atoms with Crippen LogP contribution in [0.2, 0.25) is 0 Å². The molecule has 29 heavy (non-hydrogen) atoms. The molecule has 0 saturated carbocycles.